The first kappa shape index (κ1) is 16.0. The normalized spacial score (nSPS) is 12.8. The molecule has 1 rings (SSSR count). The fourth-order valence-corrected chi connectivity index (χ4v) is 1.78. The van der Waals surface area contributed by atoms with Crippen LogP contribution in [-0.4, -0.2) is 38.5 Å². The molecule has 3 N–H and O–H groups in total. The lowest BCUT2D eigenvalue weighted by atomic mass is 9.99. The number of aromatic nitrogens is 2. The molecule has 1 atom stereocenters. The molecule has 1 aromatic heterocycles. The first-order valence-corrected chi connectivity index (χ1v) is 6.56. The van der Waals surface area contributed by atoms with Gasteiger partial charge in [-0.25, -0.2) is 4.79 Å². The largest absolute Gasteiger partial charge is 0.481 e. The van der Waals surface area contributed by atoms with Gasteiger partial charge in [-0.15, -0.1) is 0 Å². The highest BCUT2D eigenvalue weighted by atomic mass is 16.4. The summed E-state index contributed by atoms with van der Waals surface area (Å²) in [5.74, 6) is -0.868. The summed E-state index contributed by atoms with van der Waals surface area (Å²) < 4.78 is 1.74. The van der Waals surface area contributed by atoms with Crippen molar-refractivity contribution in [1.82, 2.24) is 20.4 Å². The van der Waals surface area contributed by atoms with Gasteiger partial charge in [0.2, 0.25) is 0 Å². The minimum absolute atomic E-state index is 0.0239. The molecule has 7 heteroatoms. The summed E-state index contributed by atoms with van der Waals surface area (Å²) in [6.07, 6.45) is 3.91. The molecule has 1 unspecified atom stereocenters. The third-order valence-corrected chi connectivity index (χ3v) is 2.81. The summed E-state index contributed by atoms with van der Waals surface area (Å²) >= 11 is 0. The Morgan fingerprint density at radius 2 is 2.15 bits per heavy atom. The smallest absolute Gasteiger partial charge is 0.315 e. The minimum atomic E-state index is -0.868. The summed E-state index contributed by atoms with van der Waals surface area (Å²) in [5.41, 5.74) is -0.562. The number of nitrogens with one attached hydrogen (secondary N) is 2. The van der Waals surface area contributed by atoms with Crippen LogP contribution in [0.2, 0.25) is 0 Å². The van der Waals surface area contributed by atoms with Crippen LogP contribution < -0.4 is 10.6 Å². The van der Waals surface area contributed by atoms with Crippen LogP contribution in [0.1, 0.15) is 33.6 Å². The van der Waals surface area contributed by atoms with E-state index in [1.54, 1.807) is 24.7 Å². The van der Waals surface area contributed by atoms with Crippen LogP contribution in [0.4, 0.5) is 4.79 Å². The van der Waals surface area contributed by atoms with Gasteiger partial charge in [-0.1, -0.05) is 0 Å². The molecule has 0 aliphatic rings. The molecule has 0 aromatic carbocycles. The third-order valence-electron chi connectivity index (χ3n) is 2.81. The number of carbonyl (C=O) groups is 2. The molecule has 0 spiro atoms. The molecule has 1 aromatic rings. The highest BCUT2D eigenvalue weighted by Crippen LogP contribution is 2.10. The van der Waals surface area contributed by atoms with Crippen LogP contribution >= 0.6 is 0 Å². The number of urea groups is 1. The second kappa shape index (κ2) is 6.93. The van der Waals surface area contributed by atoms with E-state index in [-0.39, 0.29) is 18.5 Å². The number of nitrogens with zero attached hydrogens (tertiary/aromatic N) is 2. The van der Waals surface area contributed by atoms with Crippen molar-refractivity contribution >= 4 is 12.0 Å². The summed E-state index contributed by atoms with van der Waals surface area (Å²) in [6.45, 7) is 6.06. The van der Waals surface area contributed by atoms with Gasteiger partial charge in [-0.2, -0.15) is 5.10 Å². The van der Waals surface area contributed by atoms with Gasteiger partial charge in [-0.3, -0.25) is 9.48 Å². The van der Waals surface area contributed by atoms with E-state index in [0.717, 1.165) is 0 Å². The van der Waals surface area contributed by atoms with Gasteiger partial charge < -0.3 is 15.7 Å². The average Bonchev–Trinajstić information content (AvgIpc) is 2.78. The third kappa shape index (κ3) is 6.21. The van der Waals surface area contributed by atoms with Crippen molar-refractivity contribution < 1.29 is 14.7 Å². The zero-order valence-corrected chi connectivity index (χ0v) is 12.1. The Hall–Kier alpha value is -2.05. The van der Waals surface area contributed by atoms with E-state index < -0.39 is 11.5 Å². The summed E-state index contributed by atoms with van der Waals surface area (Å²) in [7, 11) is 0. The Balaban J connectivity index is 2.36. The molecule has 2 amide bonds. The molecule has 0 radical (unpaired) electrons. The van der Waals surface area contributed by atoms with E-state index in [0.29, 0.717) is 13.0 Å². The molecule has 0 bridgehead atoms. The molecule has 112 valence electrons. The predicted molar refractivity (Wildman–Crippen MR) is 74.3 cm³/mol. The lowest BCUT2D eigenvalue weighted by Crippen LogP contribution is -2.51. The van der Waals surface area contributed by atoms with E-state index in [2.05, 4.69) is 15.7 Å². The van der Waals surface area contributed by atoms with Crippen molar-refractivity contribution in [3.8, 4) is 0 Å². The highest BCUT2D eigenvalue weighted by molar-refractivity contribution is 5.75. The van der Waals surface area contributed by atoms with Crippen LogP contribution in [0, 0.1) is 0 Å². The predicted octanol–water partition coefficient (Wildman–Crippen LogP) is 1.21. The SMILES string of the molecule is CC(Cn1cccn1)NC(=O)NC(C)(C)CCC(=O)O. The second-order valence-electron chi connectivity index (χ2n) is 5.51. The standard InChI is InChI=1S/C13H22N4O3/c1-10(9-17-8-4-7-14-17)15-12(20)16-13(2,3)6-5-11(18)19/h4,7-8,10H,5-6,9H2,1-3H3,(H,18,19)(H2,15,16,20). The van der Waals surface area contributed by atoms with Crippen LogP contribution in [0.3, 0.4) is 0 Å². The maximum absolute atomic E-state index is 11.8. The quantitative estimate of drug-likeness (QED) is 0.700. The molecular weight excluding hydrogens is 260 g/mol. The Morgan fingerprint density at radius 1 is 1.45 bits per heavy atom. The summed E-state index contributed by atoms with van der Waals surface area (Å²) in [5, 5.41) is 18.3. The number of carbonyl (C=O) groups excluding carboxylic acids is 1. The maximum atomic E-state index is 11.8. The monoisotopic (exact) mass is 282 g/mol. The van der Waals surface area contributed by atoms with Gasteiger partial charge in [0, 0.05) is 30.4 Å². The van der Waals surface area contributed by atoms with Crippen molar-refractivity contribution in [3.63, 3.8) is 0 Å². The molecule has 1 heterocycles. The van der Waals surface area contributed by atoms with Crippen molar-refractivity contribution in [2.24, 2.45) is 0 Å². The number of hydrogen-bond acceptors (Lipinski definition) is 3. The lowest BCUT2D eigenvalue weighted by Gasteiger charge is -2.27. The number of rotatable bonds is 7. The van der Waals surface area contributed by atoms with Crippen molar-refractivity contribution in [2.45, 2.75) is 51.7 Å². The van der Waals surface area contributed by atoms with Gasteiger partial charge in [0.25, 0.3) is 0 Å². The van der Waals surface area contributed by atoms with E-state index >= 15 is 0 Å². The van der Waals surface area contributed by atoms with Crippen molar-refractivity contribution in [2.75, 3.05) is 0 Å². The van der Waals surface area contributed by atoms with Gasteiger partial charge in [0.1, 0.15) is 0 Å². The number of carboxylic acid groups (broad SMARTS) is 1. The molecule has 7 nitrogen and oxygen atoms in total. The fraction of sp³-hybridized carbons (Fsp3) is 0.615. The Morgan fingerprint density at radius 3 is 2.70 bits per heavy atom. The molecule has 0 saturated carbocycles. The Labute approximate surface area is 118 Å². The Bertz CT molecular complexity index is 442. The highest BCUT2D eigenvalue weighted by Gasteiger charge is 2.22. The first-order chi connectivity index (χ1) is 9.28. The molecular formula is C13H22N4O3. The number of hydrogen-bond donors (Lipinski definition) is 3. The molecule has 0 saturated heterocycles. The van der Waals surface area contributed by atoms with E-state index in [4.69, 9.17) is 5.11 Å². The van der Waals surface area contributed by atoms with Crippen molar-refractivity contribution in [3.05, 3.63) is 18.5 Å². The van der Waals surface area contributed by atoms with E-state index in [9.17, 15) is 9.59 Å². The Kier molecular flexibility index (Phi) is 5.54. The minimum Gasteiger partial charge on any atom is -0.481 e. The summed E-state index contributed by atoms with van der Waals surface area (Å²) in [6, 6.07) is 1.44. The van der Waals surface area contributed by atoms with E-state index in [1.807, 2.05) is 19.2 Å². The van der Waals surface area contributed by atoms with E-state index in [1.165, 1.54) is 0 Å². The molecule has 0 fully saturated rings. The molecule has 0 aliphatic heterocycles. The molecule has 20 heavy (non-hydrogen) atoms. The maximum Gasteiger partial charge on any atom is 0.315 e. The molecule has 0 aliphatic carbocycles. The van der Waals surface area contributed by atoms with Crippen LogP contribution in [0.5, 0.6) is 0 Å². The number of aliphatic carboxylic acids is 1. The van der Waals surface area contributed by atoms with Crippen LogP contribution in [0.15, 0.2) is 18.5 Å². The summed E-state index contributed by atoms with van der Waals surface area (Å²) in [4.78, 5) is 22.4. The average molecular weight is 282 g/mol. The van der Waals surface area contributed by atoms with Gasteiger partial charge in [-0.05, 0) is 33.3 Å². The zero-order valence-electron chi connectivity index (χ0n) is 12.1. The van der Waals surface area contributed by atoms with Crippen LogP contribution in [-0.2, 0) is 11.3 Å². The van der Waals surface area contributed by atoms with Gasteiger partial charge >= 0.3 is 12.0 Å². The van der Waals surface area contributed by atoms with Gasteiger partial charge in [0.05, 0.1) is 6.54 Å². The zero-order chi connectivity index (χ0) is 15.2. The van der Waals surface area contributed by atoms with Gasteiger partial charge in [0.15, 0.2) is 0 Å². The number of amides is 2. The second-order valence-corrected chi connectivity index (χ2v) is 5.51. The topological polar surface area (TPSA) is 96.3 Å². The number of carboxylic acids is 1. The lowest BCUT2D eigenvalue weighted by molar-refractivity contribution is -0.137. The first-order valence-electron chi connectivity index (χ1n) is 6.56. The fourth-order valence-electron chi connectivity index (χ4n) is 1.78. The van der Waals surface area contributed by atoms with Crippen molar-refractivity contribution in [1.29, 1.82) is 0 Å². The van der Waals surface area contributed by atoms with Crippen LogP contribution in [0.25, 0.3) is 0 Å².